The van der Waals surface area contributed by atoms with Gasteiger partial charge in [0.05, 0.1) is 0 Å². The molecule has 1 aliphatic rings. The SMILES string of the molecule is Cc1c(C)c(C)[c-](C2C=Cc3ccccc32)c1C.[Cl-].[Cl-].[Zr+3]. The molecule has 0 aliphatic heterocycles. The van der Waals surface area contributed by atoms with Gasteiger partial charge in [-0.2, -0.15) is 22.3 Å². The first-order chi connectivity index (χ1) is 8.61. The van der Waals surface area contributed by atoms with Gasteiger partial charge < -0.3 is 24.8 Å². The molecule has 2 aromatic rings. The molecule has 0 aromatic heterocycles. The molecule has 0 saturated carbocycles. The molecule has 0 nitrogen and oxygen atoms in total. The van der Waals surface area contributed by atoms with Crippen molar-refractivity contribution in [1.82, 2.24) is 0 Å². The summed E-state index contributed by atoms with van der Waals surface area (Å²) in [6, 6.07) is 8.73. The summed E-state index contributed by atoms with van der Waals surface area (Å²) in [6.07, 6.45) is 4.61. The smallest absolute Gasteiger partial charge is 1.00 e. The zero-order valence-corrected chi connectivity index (χ0v) is 16.8. The van der Waals surface area contributed by atoms with Gasteiger partial charge in [0, 0.05) is 0 Å². The van der Waals surface area contributed by atoms with Gasteiger partial charge in [-0.3, -0.25) is 0 Å². The molecule has 3 rings (SSSR count). The molecule has 1 aliphatic carbocycles. The molecule has 109 valence electrons. The summed E-state index contributed by atoms with van der Waals surface area (Å²) < 4.78 is 0. The largest absolute Gasteiger partial charge is 3.00 e. The van der Waals surface area contributed by atoms with Crippen LogP contribution >= 0.6 is 0 Å². The number of rotatable bonds is 1. The summed E-state index contributed by atoms with van der Waals surface area (Å²) in [7, 11) is 0. The van der Waals surface area contributed by atoms with E-state index in [0.717, 1.165) is 0 Å². The molecule has 0 bridgehead atoms. The number of benzene rings is 1. The molecule has 1 radical (unpaired) electrons. The first-order valence-corrected chi connectivity index (χ1v) is 6.61. The van der Waals surface area contributed by atoms with Gasteiger partial charge in [0.2, 0.25) is 0 Å². The first-order valence-electron chi connectivity index (χ1n) is 6.61. The second kappa shape index (κ2) is 7.86. The van der Waals surface area contributed by atoms with E-state index < -0.39 is 0 Å². The van der Waals surface area contributed by atoms with Crippen molar-refractivity contribution < 1.29 is 51.0 Å². The minimum absolute atomic E-state index is 0. The molecule has 1 atom stereocenters. The van der Waals surface area contributed by atoms with Crippen molar-refractivity contribution in [3.8, 4) is 0 Å². The fourth-order valence-corrected chi connectivity index (χ4v) is 3.22. The van der Waals surface area contributed by atoms with E-state index in [1.54, 1.807) is 0 Å². The maximum absolute atomic E-state index is 2.35. The molecule has 0 heterocycles. The van der Waals surface area contributed by atoms with Crippen LogP contribution in [0.2, 0.25) is 0 Å². The molecular formula is C18H19Cl2Zr. The van der Waals surface area contributed by atoms with Gasteiger partial charge in [-0.05, 0) is 17.0 Å². The van der Waals surface area contributed by atoms with Crippen LogP contribution in [0.5, 0.6) is 0 Å². The van der Waals surface area contributed by atoms with E-state index in [2.05, 4.69) is 64.1 Å². The Morgan fingerprint density at radius 3 is 1.95 bits per heavy atom. The zero-order chi connectivity index (χ0) is 12.9. The summed E-state index contributed by atoms with van der Waals surface area (Å²) in [4.78, 5) is 0. The monoisotopic (exact) mass is 395 g/mol. The van der Waals surface area contributed by atoms with Gasteiger partial charge in [-0.25, -0.2) is 0 Å². The van der Waals surface area contributed by atoms with E-state index in [-0.39, 0.29) is 51.0 Å². The topological polar surface area (TPSA) is 0 Å². The van der Waals surface area contributed by atoms with Crippen LogP contribution in [0.25, 0.3) is 6.08 Å². The van der Waals surface area contributed by atoms with Gasteiger partial charge in [0.15, 0.2) is 0 Å². The van der Waals surface area contributed by atoms with Crippen LogP contribution in [-0.4, -0.2) is 0 Å². The van der Waals surface area contributed by atoms with Crippen molar-refractivity contribution in [2.24, 2.45) is 0 Å². The summed E-state index contributed by atoms with van der Waals surface area (Å²) in [5.41, 5.74) is 10.2. The normalized spacial score (nSPS) is 14.8. The minimum Gasteiger partial charge on any atom is -1.00 e. The number of halogens is 2. The zero-order valence-electron chi connectivity index (χ0n) is 12.8. The molecule has 0 spiro atoms. The van der Waals surface area contributed by atoms with Gasteiger partial charge in [0.1, 0.15) is 0 Å². The van der Waals surface area contributed by atoms with Crippen molar-refractivity contribution in [2.75, 3.05) is 0 Å². The Morgan fingerprint density at radius 2 is 1.38 bits per heavy atom. The fraction of sp³-hybridized carbons (Fsp3) is 0.278. The number of allylic oxidation sites excluding steroid dienone is 1. The molecule has 21 heavy (non-hydrogen) atoms. The van der Waals surface area contributed by atoms with E-state index in [1.807, 2.05) is 0 Å². The Balaban J connectivity index is 0.00000133. The van der Waals surface area contributed by atoms with Gasteiger partial charge >= 0.3 is 26.2 Å². The summed E-state index contributed by atoms with van der Waals surface area (Å²) >= 11 is 0. The van der Waals surface area contributed by atoms with E-state index in [9.17, 15) is 0 Å². The third-order valence-corrected chi connectivity index (χ3v) is 4.61. The maximum atomic E-state index is 2.35. The van der Waals surface area contributed by atoms with E-state index >= 15 is 0 Å². The molecule has 3 heteroatoms. The summed E-state index contributed by atoms with van der Waals surface area (Å²) in [6.45, 7) is 9.01. The molecule has 0 fully saturated rings. The first kappa shape index (κ1) is 20.8. The molecule has 2 aromatic carbocycles. The maximum Gasteiger partial charge on any atom is 3.00 e. The molecule has 0 saturated heterocycles. The second-order valence-electron chi connectivity index (χ2n) is 5.38. The third kappa shape index (κ3) is 3.26. The summed E-state index contributed by atoms with van der Waals surface area (Å²) in [5, 5.41) is 0. The quantitative estimate of drug-likeness (QED) is 0.531. The fourth-order valence-electron chi connectivity index (χ4n) is 3.22. The minimum atomic E-state index is 0. The van der Waals surface area contributed by atoms with Crippen LogP contribution in [0.4, 0.5) is 0 Å². The Kier molecular flexibility index (Phi) is 7.78. The van der Waals surface area contributed by atoms with Crippen LogP contribution in [0.1, 0.15) is 44.9 Å². The predicted octanol–water partition coefficient (Wildman–Crippen LogP) is -1.20. The van der Waals surface area contributed by atoms with E-state index in [4.69, 9.17) is 0 Å². The van der Waals surface area contributed by atoms with Crippen LogP contribution in [0.3, 0.4) is 0 Å². The van der Waals surface area contributed by atoms with Crippen molar-refractivity contribution in [1.29, 1.82) is 0 Å². The molecule has 0 N–H and O–H groups in total. The number of hydrogen-bond donors (Lipinski definition) is 0. The van der Waals surface area contributed by atoms with Crippen molar-refractivity contribution in [3.63, 3.8) is 0 Å². The Bertz CT molecular complexity index is 628. The Hall–Kier alpha value is -0.227. The van der Waals surface area contributed by atoms with Gasteiger partial charge in [-0.1, -0.05) is 64.1 Å². The number of fused-ring (bicyclic) bond motifs is 1. The summed E-state index contributed by atoms with van der Waals surface area (Å²) in [5.74, 6) is 0.452. The van der Waals surface area contributed by atoms with Crippen LogP contribution < -0.4 is 24.8 Å². The molecule has 1 unspecified atom stereocenters. The number of hydrogen-bond acceptors (Lipinski definition) is 0. The van der Waals surface area contributed by atoms with Crippen LogP contribution in [0.15, 0.2) is 30.3 Å². The van der Waals surface area contributed by atoms with Crippen molar-refractivity contribution in [3.05, 3.63) is 69.3 Å². The Labute approximate surface area is 159 Å². The Morgan fingerprint density at radius 1 is 0.857 bits per heavy atom. The average Bonchev–Trinajstić information content (AvgIpc) is 2.87. The van der Waals surface area contributed by atoms with Crippen LogP contribution in [0, 0.1) is 27.7 Å². The van der Waals surface area contributed by atoms with Gasteiger partial charge in [0.25, 0.3) is 0 Å². The molecule has 0 amide bonds. The van der Waals surface area contributed by atoms with Crippen molar-refractivity contribution >= 4 is 6.08 Å². The van der Waals surface area contributed by atoms with Crippen LogP contribution in [-0.2, 0) is 26.2 Å². The van der Waals surface area contributed by atoms with E-state index in [1.165, 1.54) is 38.9 Å². The predicted molar refractivity (Wildman–Crippen MR) is 78.3 cm³/mol. The third-order valence-electron chi connectivity index (χ3n) is 4.61. The van der Waals surface area contributed by atoms with E-state index in [0.29, 0.717) is 5.92 Å². The van der Waals surface area contributed by atoms with Crippen molar-refractivity contribution in [2.45, 2.75) is 33.6 Å². The average molecular weight is 397 g/mol. The second-order valence-corrected chi connectivity index (χ2v) is 5.38. The van der Waals surface area contributed by atoms with Gasteiger partial charge in [-0.15, -0.1) is 5.56 Å². The standard InChI is InChI=1S/C18H19.2ClH.Zr/c1-11-12(2)14(4)18(13(11)3)17-10-9-15-7-5-6-8-16(15)17;;;/h5-10,17H,1-4H3;2*1H;/q-1;;;+3/p-2. The molecular weight excluding hydrogens is 378 g/mol.